The molecule has 0 spiro atoms. The van der Waals surface area contributed by atoms with Gasteiger partial charge in [0.25, 0.3) is 0 Å². The molecule has 0 fully saturated rings. The van der Waals surface area contributed by atoms with Crippen LogP contribution in [0.1, 0.15) is 33.8 Å². The maximum Gasteiger partial charge on any atom is 0.123 e. The van der Waals surface area contributed by atoms with Gasteiger partial charge in [0.2, 0.25) is 0 Å². The second-order valence-electron chi connectivity index (χ2n) is 4.94. The zero-order valence-electron chi connectivity index (χ0n) is 11.5. The van der Waals surface area contributed by atoms with Crippen LogP contribution in [0.15, 0.2) is 30.3 Å². The lowest BCUT2D eigenvalue weighted by Gasteiger charge is -2.16. The molecule has 1 aliphatic rings. The van der Waals surface area contributed by atoms with E-state index in [1.165, 1.54) is 27.5 Å². The zero-order chi connectivity index (χ0) is 13.9. The van der Waals surface area contributed by atoms with Crippen molar-refractivity contribution in [1.29, 1.82) is 0 Å². The van der Waals surface area contributed by atoms with Crippen molar-refractivity contribution < 1.29 is 4.39 Å². The number of fused-ring (bicyclic) bond motifs is 1. The number of hydrogen-bond acceptors (Lipinski definition) is 3. The molecule has 4 heteroatoms. The van der Waals surface area contributed by atoms with E-state index in [9.17, 15) is 4.39 Å². The maximum absolute atomic E-state index is 13.1. The summed E-state index contributed by atoms with van der Waals surface area (Å²) in [6, 6.07) is 9.38. The quantitative estimate of drug-likeness (QED) is 0.900. The Morgan fingerprint density at radius 2 is 2.10 bits per heavy atom. The van der Waals surface area contributed by atoms with Gasteiger partial charge >= 0.3 is 0 Å². The van der Waals surface area contributed by atoms with Gasteiger partial charge in [0.1, 0.15) is 5.82 Å². The number of aryl methyl sites for hydroxylation is 1. The van der Waals surface area contributed by atoms with E-state index in [0.29, 0.717) is 0 Å². The van der Waals surface area contributed by atoms with E-state index in [-0.39, 0.29) is 11.9 Å². The molecule has 1 aromatic heterocycles. The summed E-state index contributed by atoms with van der Waals surface area (Å²) in [7, 11) is 0. The molecular formula is C16H18FNS2. The highest BCUT2D eigenvalue weighted by molar-refractivity contribution is 7.98. The predicted octanol–water partition coefficient (Wildman–Crippen LogP) is 4.38. The molecule has 1 N–H and O–H groups in total. The summed E-state index contributed by atoms with van der Waals surface area (Å²) in [5, 5.41) is 3.52. The molecule has 106 valence electrons. The van der Waals surface area contributed by atoms with Gasteiger partial charge in [0, 0.05) is 15.5 Å². The number of rotatable bonds is 4. The largest absolute Gasteiger partial charge is 0.306 e. The maximum atomic E-state index is 13.1. The van der Waals surface area contributed by atoms with Crippen molar-refractivity contribution in [3.8, 4) is 0 Å². The van der Waals surface area contributed by atoms with Crippen LogP contribution in [0.25, 0.3) is 0 Å². The lowest BCUT2D eigenvalue weighted by atomic mass is 10.0. The second kappa shape index (κ2) is 6.29. The minimum Gasteiger partial charge on any atom is -0.306 e. The van der Waals surface area contributed by atoms with E-state index >= 15 is 0 Å². The van der Waals surface area contributed by atoms with Crippen LogP contribution in [0.2, 0.25) is 0 Å². The van der Waals surface area contributed by atoms with Crippen molar-refractivity contribution in [2.75, 3.05) is 12.3 Å². The molecule has 20 heavy (non-hydrogen) atoms. The number of nitrogens with one attached hydrogen (secondary N) is 1. The minimum atomic E-state index is -0.175. The summed E-state index contributed by atoms with van der Waals surface area (Å²) in [6.45, 7) is 3.01. The van der Waals surface area contributed by atoms with Gasteiger partial charge in [-0.2, -0.15) is 11.8 Å². The third kappa shape index (κ3) is 2.92. The van der Waals surface area contributed by atoms with Crippen LogP contribution < -0.4 is 5.32 Å². The Morgan fingerprint density at radius 1 is 1.30 bits per heavy atom. The lowest BCUT2D eigenvalue weighted by molar-refractivity contribution is 0.617. The molecule has 2 heterocycles. The van der Waals surface area contributed by atoms with E-state index in [1.54, 1.807) is 12.1 Å². The molecule has 1 atom stereocenters. The number of benzene rings is 1. The highest BCUT2D eigenvalue weighted by atomic mass is 32.2. The Hall–Kier alpha value is -0.840. The molecule has 1 nitrogen and oxygen atoms in total. The van der Waals surface area contributed by atoms with Crippen LogP contribution in [0.4, 0.5) is 4.39 Å². The molecule has 0 radical (unpaired) electrons. The smallest absolute Gasteiger partial charge is 0.123 e. The fourth-order valence-electron chi connectivity index (χ4n) is 2.55. The molecule has 0 bridgehead atoms. The molecule has 0 aliphatic carbocycles. The molecule has 1 unspecified atom stereocenters. The molecular weight excluding hydrogens is 289 g/mol. The van der Waals surface area contributed by atoms with Crippen molar-refractivity contribution in [3.63, 3.8) is 0 Å². The normalized spacial score (nSPS) is 15.9. The summed E-state index contributed by atoms with van der Waals surface area (Å²) in [5.74, 6) is 2.19. The van der Waals surface area contributed by atoms with E-state index in [1.807, 2.05) is 35.2 Å². The van der Waals surface area contributed by atoms with Crippen LogP contribution in [0, 0.1) is 5.82 Å². The number of halogens is 1. The van der Waals surface area contributed by atoms with Gasteiger partial charge in [0.05, 0.1) is 6.04 Å². The Morgan fingerprint density at radius 3 is 2.80 bits per heavy atom. The van der Waals surface area contributed by atoms with Gasteiger partial charge in [-0.15, -0.1) is 11.3 Å². The Bertz CT molecular complexity index is 553. The zero-order valence-corrected chi connectivity index (χ0v) is 13.1. The van der Waals surface area contributed by atoms with E-state index in [2.05, 4.69) is 18.3 Å². The Kier molecular flexibility index (Phi) is 4.44. The number of thioether (sulfide) groups is 1. The van der Waals surface area contributed by atoms with Gasteiger partial charge in [0.15, 0.2) is 0 Å². The standard InChI is InChI=1S/C16H18FNS2/c1-2-18-16(11-3-5-13(17)6-4-11)15-9-12-10-19-8-7-14(12)20-15/h3-6,9,16,18H,2,7-8,10H2,1H3. The highest BCUT2D eigenvalue weighted by Crippen LogP contribution is 2.36. The Balaban J connectivity index is 1.93. The Labute approximate surface area is 127 Å². The molecule has 3 rings (SSSR count). The first-order chi connectivity index (χ1) is 9.78. The third-order valence-corrected chi connectivity index (χ3v) is 5.85. The average molecular weight is 307 g/mol. The van der Waals surface area contributed by atoms with Crippen LogP contribution in [-0.4, -0.2) is 12.3 Å². The fourth-order valence-corrected chi connectivity index (χ4v) is 5.03. The first-order valence-electron chi connectivity index (χ1n) is 6.96. The monoisotopic (exact) mass is 307 g/mol. The minimum absolute atomic E-state index is 0.175. The van der Waals surface area contributed by atoms with E-state index in [0.717, 1.165) is 17.9 Å². The van der Waals surface area contributed by atoms with Crippen molar-refractivity contribution in [2.45, 2.75) is 25.1 Å². The van der Waals surface area contributed by atoms with Crippen LogP contribution in [0.5, 0.6) is 0 Å². The molecule has 0 amide bonds. The molecule has 1 aromatic carbocycles. The fraction of sp³-hybridized carbons (Fsp3) is 0.375. The summed E-state index contributed by atoms with van der Waals surface area (Å²) >= 11 is 3.92. The second-order valence-corrected chi connectivity index (χ2v) is 7.22. The van der Waals surface area contributed by atoms with Gasteiger partial charge in [-0.25, -0.2) is 4.39 Å². The highest BCUT2D eigenvalue weighted by Gasteiger charge is 2.20. The van der Waals surface area contributed by atoms with Gasteiger partial charge in [-0.05, 0) is 48.0 Å². The summed E-state index contributed by atoms with van der Waals surface area (Å²) in [6.07, 6.45) is 1.19. The molecule has 0 saturated heterocycles. The summed E-state index contributed by atoms with van der Waals surface area (Å²) < 4.78 is 13.1. The molecule has 0 saturated carbocycles. The van der Waals surface area contributed by atoms with E-state index in [4.69, 9.17) is 0 Å². The van der Waals surface area contributed by atoms with Crippen molar-refractivity contribution in [1.82, 2.24) is 5.32 Å². The van der Waals surface area contributed by atoms with Gasteiger partial charge < -0.3 is 5.32 Å². The van der Waals surface area contributed by atoms with Crippen molar-refractivity contribution in [3.05, 3.63) is 57.0 Å². The topological polar surface area (TPSA) is 12.0 Å². The van der Waals surface area contributed by atoms with Crippen LogP contribution >= 0.6 is 23.1 Å². The summed E-state index contributed by atoms with van der Waals surface area (Å²) in [5.41, 5.74) is 2.63. The average Bonchev–Trinajstić information content (AvgIpc) is 2.89. The lowest BCUT2D eigenvalue weighted by Crippen LogP contribution is -2.21. The van der Waals surface area contributed by atoms with Crippen molar-refractivity contribution in [2.24, 2.45) is 0 Å². The SMILES string of the molecule is CCNC(c1ccc(F)cc1)c1cc2c(s1)CCSC2. The number of hydrogen-bond donors (Lipinski definition) is 1. The van der Waals surface area contributed by atoms with Crippen molar-refractivity contribution >= 4 is 23.1 Å². The molecule has 1 aliphatic heterocycles. The molecule has 2 aromatic rings. The van der Waals surface area contributed by atoms with Crippen LogP contribution in [-0.2, 0) is 12.2 Å². The predicted molar refractivity (Wildman–Crippen MR) is 86.1 cm³/mol. The van der Waals surface area contributed by atoms with Crippen LogP contribution in [0.3, 0.4) is 0 Å². The number of thiophene rings is 1. The van der Waals surface area contributed by atoms with Gasteiger partial charge in [-0.3, -0.25) is 0 Å². The van der Waals surface area contributed by atoms with E-state index < -0.39 is 0 Å². The first-order valence-corrected chi connectivity index (χ1v) is 8.93. The first kappa shape index (κ1) is 14.1. The third-order valence-electron chi connectivity index (χ3n) is 3.54. The summed E-state index contributed by atoms with van der Waals surface area (Å²) in [4.78, 5) is 2.88. The van der Waals surface area contributed by atoms with Gasteiger partial charge in [-0.1, -0.05) is 19.1 Å².